The van der Waals surface area contributed by atoms with E-state index in [2.05, 4.69) is 9.97 Å². The summed E-state index contributed by atoms with van der Waals surface area (Å²) >= 11 is 0. The molecule has 94 valence electrons. The predicted molar refractivity (Wildman–Crippen MR) is 66.9 cm³/mol. The number of nitrogens with zero attached hydrogens (tertiary/aromatic N) is 4. The number of ketones is 1. The molecule has 0 aliphatic heterocycles. The lowest BCUT2D eigenvalue weighted by molar-refractivity contribution is 0.103. The maximum Gasteiger partial charge on any atom is 0.214 e. The number of benzene rings is 1. The fourth-order valence-corrected chi connectivity index (χ4v) is 2.11. The predicted octanol–water partition coefficient (Wildman–Crippen LogP) is 1.44. The zero-order valence-electron chi connectivity index (χ0n) is 10.3. The van der Waals surface area contributed by atoms with E-state index in [-0.39, 0.29) is 22.9 Å². The minimum absolute atomic E-state index is 0.0882. The van der Waals surface area contributed by atoms with Gasteiger partial charge in [0.05, 0.1) is 7.11 Å². The molecule has 0 bridgehead atoms. The molecule has 1 aliphatic rings. The van der Waals surface area contributed by atoms with Crippen LogP contribution in [0, 0.1) is 22.7 Å². The number of carbonyl (C=O) groups is 1. The van der Waals surface area contributed by atoms with E-state index >= 15 is 0 Å². The lowest BCUT2D eigenvalue weighted by Gasteiger charge is -2.03. The molecule has 0 N–H and O–H groups in total. The third kappa shape index (κ3) is 1.46. The smallest absolute Gasteiger partial charge is 0.214 e. The van der Waals surface area contributed by atoms with Crippen molar-refractivity contribution >= 4 is 5.78 Å². The summed E-state index contributed by atoms with van der Waals surface area (Å²) in [4.78, 5) is 20.3. The molecule has 3 rings (SSSR count). The zero-order chi connectivity index (χ0) is 14.3. The molecule has 0 unspecified atom stereocenters. The second-order valence-corrected chi connectivity index (χ2v) is 4.08. The maximum absolute atomic E-state index is 12.2. The fraction of sp³-hybridized carbons (Fsp3) is 0.0714. The van der Waals surface area contributed by atoms with Gasteiger partial charge >= 0.3 is 0 Å². The summed E-state index contributed by atoms with van der Waals surface area (Å²) in [6, 6.07) is 8.54. The van der Waals surface area contributed by atoms with Crippen molar-refractivity contribution in [1.29, 1.82) is 10.5 Å². The van der Waals surface area contributed by atoms with Gasteiger partial charge in [0.15, 0.2) is 11.4 Å². The third-order valence-corrected chi connectivity index (χ3v) is 3.05. The Labute approximate surface area is 113 Å². The van der Waals surface area contributed by atoms with Crippen LogP contribution >= 0.6 is 0 Å². The second kappa shape index (κ2) is 4.15. The van der Waals surface area contributed by atoms with E-state index in [1.165, 1.54) is 7.11 Å². The monoisotopic (exact) mass is 262 g/mol. The molecule has 1 aromatic heterocycles. The standard InChI is InChI=1S/C14H6N4O2/c1-20-7-2-3-8-9(4-7)12-13(14(8)19)18-11(6-16)10(5-15)17-12/h2-4H,1H3. The van der Waals surface area contributed by atoms with Gasteiger partial charge in [-0.3, -0.25) is 4.79 Å². The molecule has 0 spiro atoms. The van der Waals surface area contributed by atoms with Gasteiger partial charge in [-0.15, -0.1) is 0 Å². The Balaban J connectivity index is 2.33. The van der Waals surface area contributed by atoms with Crippen LogP contribution in [0.25, 0.3) is 11.3 Å². The molecule has 0 radical (unpaired) electrons. The van der Waals surface area contributed by atoms with E-state index in [1.54, 1.807) is 24.3 Å². The molecule has 2 aromatic rings. The molecule has 1 aliphatic carbocycles. The number of aromatic nitrogens is 2. The molecule has 1 heterocycles. The first-order valence-electron chi connectivity index (χ1n) is 5.65. The van der Waals surface area contributed by atoms with Crippen LogP contribution in [0.2, 0.25) is 0 Å². The highest BCUT2D eigenvalue weighted by Crippen LogP contribution is 2.36. The van der Waals surface area contributed by atoms with Gasteiger partial charge in [-0.2, -0.15) is 10.5 Å². The van der Waals surface area contributed by atoms with Crippen LogP contribution < -0.4 is 4.74 Å². The normalized spacial score (nSPS) is 11.2. The molecule has 0 saturated carbocycles. The van der Waals surface area contributed by atoms with Crippen molar-refractivity contribution in [3.8, 4) is 29.1 Å². The zero-order valence-corrected chi connectivity index (χ0v) is 10.3. The quantitative estimate of drug-likeness (QED) is 0.657. The van der Waals surface area contributed by atoms with Crippen LogP contribution in [-0.2, 0) is 0 Å². The van der Waals surface area contributed by atoms with Crippen molar-refractivity contribution in [3.63, 3.8) is 0 Å². The molecule has 0 saturated heterocycles. The molecule has 6 heteroatoms. The Hall–Kier alpha value is -3.25. The molecular formula is C14H6N4O2. The van der Waals surface area contributed by atoms with Crippen LogP contribution in [-0.4, -0.2) is 22.9 Å². The van der Waals surface area contributed by atoms with Crippen LogP contribution in [0.15, 0.2) is 18.2 Å². The van der Waals surface area contributed by atoms with Gasteiger partial charge in [-0.25, -0.2) is 9.97 Å². The Bertz CT molecular complexity index is 843. The lowest BCUT2D eigenvalue weighted by Crippen LogP contribution is -2.04. The van der Waals surface area contributed by atoms with Crippen molar-refractivity contribution in [2.45, 2.75) is 0 Å². The van der Waals surface area contributed by atoms with E-state index < -0.39 is 0 Å². The largest absolute Gasteiger partial charge is 0.497 e. The van der Waals surface area contributed by atoms with Crippen LogP contribution in [0.3, 0.4) is 0 Å². The average molecular weight is 262 g/mol. The fourth-order valence-electron chi connectivity index (χ4n) is 2.11. The molecule has 20 heavy (non-hydrogen) atoms. The van der Waals surface area contributed by atoms with Gasteiger partial charge in [-0.05, 0) is 18.2 Å². The van der Waals surface area contributed by atoms with E-state index in [0.717, 1.165) is 0 Å². The molecule has 1 aromatic carbocycles. The summed E-state index contributed by atoms with van der Waals surface area (Å²) in [6.07, 6.45) is 0. The van der Waals surface area contributed by atoms with Gasteiger partial charge in [0, 0.05) is 11.1 Å². The van der Waals surface area contributed by atoms with E-state index in [4.69, 9.17) is 15.3 Å². The first-order chi connectivity index (χ1) is 9.69. The number of rotatable bonds is 1. The van der Waals surface area contributed by atoms with Gasteiger partial charge in [0.2, 0.25) is 5.78 Å². The SMILES string of the molecule is COc1ccc2c(c1)-c1nc(C#N)c(C#N)nc1C2=O. The van der Waals surface area contributed by atoms with Gasteiger partial charge < -0.3 is 4.74 Å². The number of hydrogen-bond acceptors (Lipinski definition) is 6. The van der Waals surface area contributed by atoms with Crippen molar-refractivity contribution in [2.75, 3.05) is 7.11 Å². The molecule has 0 fully saturated rings. The van der Waals surface area contributed by atoms with E-state index in [9.17, 15) is 4.79 Å². The molecular weight excluding hydrogens is 256 g/mol. The highest BCUT2D eigenvalue weighted by atomic mass is 16.5. The van der Waals surface area contributed by atoms with Gasteiger partial charge in [-0.1, -0.05) is 0 Å². The number of hydrogen-bond donors (Lipinski definition) is 0. The molecule has 0 amide bonds. The highest BCUT2D eigenvalue weighted by molar-refractivity contribution is 6.20. The Morgan fingerprint density at radius 2 is 1.70 bits per heavy atom. The Morgan fingerprint density at radius 1 is 1.05 bits per heavy atom. The minimum Gasteiger partial charge on any atom is -0.497 e. The first-order valence-corrected chi connectivity index (χ1v) is 5.65. The second-order valence-electron chi connectivity index (χ2n) is 4.08. The Morgan fingerprint density at radius 3 is 2.30 bits per heavy atom. The molecule has 0 atom stereocenters. The number of nitriles is 2. The number of methoxy groups -OCH3 is 1. The van der Waals surface area contributed by atoms with Crippen LogP contribution in [0.1, 0.15) is 27.4 Å². The van der Waals surface area contributed by atoms with Gasteiger partial charge in [0.1, 0.15) is 29.3 Å². The summed E-state index contributed by atoms with van der Waals surface area (Å²) in [5, 5.41) is 17.9. The van der Waals surface area contributed by atoms with Gasteiger partial charge in [0.25, 0.3) is 0 Å². The Kier molecular flexibility index (Phi) is 2.45. The maximum atomic E-state index is 12.2. The van der Waals surface area contributed by atoms with Crippen molar-refractivity contribution < 1.29 is 9.53 Å². The lowest BCUT2D eigenvalue weighted by atomic mass is 10.1. The summed E-state index contributed by atoms with van der Waals surface area (Å²) in [5.74, 6) is 0.278. The average Bonchev–Trinajstić information content (AvgIpc) is 2.77. The van der Waals surface area contributed by atoms with E-state index in [0.29, 0.717) is 22.6 Å². The minimum atomic E-state index is -0.300. The van der Waals surface area contributed by atoms with Crippen LogP contribution in [0.5, 0.6) is 5.75 Å². The number of ether oxygens (including phenoxy) is 1. The van der Waals surface area contributed by atoms with Crippen molar-refractivity contribution in [2.24, 2.45) is 0 Å². The summed E-state index contributed by atoms with van der Waals surface area (Å²) in [5.41, 5.74) is 1.20. The topological polar surface area (TPSA) is 99.7 Å². The summed E-state index contributed by atoms with van der Waals surface area (Å²) in [7, 11) is 1.52. The van der Waals surface area contributed by atoms with Crippen molar-refractivity contribution in [1.82, 2.24) is 9.97 Å². The summed E-state index contributed by atoms with van der Waals surface area (Å²) in [6.45, 7) is 0. The van der Waals surface area contributed by atoms with Crippen molar-refractivity contribution in [3.05, 3.63) is 40.8 Å². The number of fused-ring (bicyclic) bond motifs is 3. The third-order valence-electron chi connectivity index (χ3n) is 3.05. The first kappa shape index (κ1) is 11.8. The molecule has 6 nitrogen and oxygen atoms in total. The number of carbonyl (C=O) groups excluding carboxylic acids is 1. The summed E-state index contributed by atoms with van der Waals surface area (Å²) < 4.78 is 5.11. The highest BCUT2D eigenvalue weighted by Gasteiger charge is 2.31. The van der Waals surface area contributed by atoms with E-state index in [1.807, 2.05) is 6.07 Å². The van der Waals surface area contributed by atoms with Crippen LogP contribution in [0.4, 0.5) is 0 Å².